The minimum absolute atomic E-state index is 0.573. The molecule has 0 saturated heterocycles. The summed E-state index contributed by atoms with van der Waals surface area (Å²) in [5.41, 5.74) is 16.7. The van der Waals surface area contributed by atoms with Crippen molar-refractivity contribution in [2.45, 2.75) is 0 Å². The van der Waals surface area contributed by atoms with Gasteiger partial charge in [0.2, 0.25) is 0 Å². The minimum Gasteiger partial charge on any atom is -0.454 e. The zero-order valence-corrected chi connectivity index (χ0v) is 36.8. The monoisotopic (exact) mass is 868 g/mol. The molecular weight excluding hydrogens is 829 g/mol. The Morgan fingerprint density at radius 3 is 1.32 bits per heavy atom. The molecule has 0 radical (unpaired) electrons. The van der Waals surface area contributed by atoms with Gasteiger partial charge in [-0.1, -0.05) is 212 Å². The molecule has 0 spiro atoms. The van der Waals surface area contributed by atoms with Crippen LogP contribution in [0.2, 0.25) is 0 Å². The zero-order valence-electron chi connectivity index (χ0n) is 36.8. The third kappa shape index (κ3) is 6.84. The third-order valence-corrected chi connectivity index (χ3v) is 13.1. The molecule has 0 atom stereocenters. The Morgan fingerprint density at radius 1 is 0.309 bits per heavy atom. The van der Waals surface area contributed by atoms with Crippen molar-refractivity contribution in [2.75, 3.05) is 0 Å². The van der Waals surface area contributed by atoms with Crippen molar-refractivity contribution in [2.24, 2.45) is 0 Å². The average molecular weight is 869 g/mol. The molecule has 5 nitrogen and oxygen atoms in total. The average Bonchev–Trinajstić information content (AvgIpc) is 3.98. The highest BCUT2D eigenvalue weighted by molar-refractivity contribution is 6.23. The van der Waals surface area contributed by atoms with Gasteiger partial charge in [0.1, 0.15) is 5.58 Å². The van der Waals surface area contributed by atoms with Crippen molar-refractivity contribution in [3.63, 3.8) is 0 Å². The van der Waals surface area contributed by atoms with Crippen LogP contribution in [0.15, 0.2) is 247 Å². The second kappa shape index (κ2) is 16.4. The van der Waals surface area contributed by atoms with Crippen molar-refractivity contribution in [3.8, 4) is 84.4 Å². The Labute approximate surface area is 392 Å². The maximum atomic E-state index is 7.04. The van der Waals surface area contributed by atoms with Gasteiger partial charge < -0.3 is 8.98 Å². The first-order chi connectivity index (χ1) is 33.7. The van der Waals surface area contributed by atoms with E-state index in [-0.39, 0.29) is 0 Å². The second-order valence-electron chi connectivity index (χ2n) is 17.2. The molecule has 13 aromatic rings. The predicted molar refractivity (Wildman–Crippen MR) is 279 cm³/mol. The van der Waals surface area contributed by atoms with Gasteiger partial charge in [-0.05, 0) is 74.8 Å². The maximum Gasteiger partial charge on any atom is 0.164 e. The molecule has 3 aromatic heterocycles. The van der Waals surface area contributed by atoms with Gasteiger partial charge in [-0.3, -0.25) is 0 Å². The number of hydrogen-bond acceptors (Lipinski definition) is 4. The molecule has 0 fully saturated rings. The summed E-state index contributed by atoms with van der Waals surface area (Å²) in [7, 11) is 0. The predicted octanol–water partition coefficient (Wildman–Crippen LogP) is 16.5. The topological polar surface area (TPSA) is 56.7 Å². The summed E-state index contributed by atoms with van der Waals surface area (Å²) >= 11 is 0. The molecule has 0 saturated carbocycles. The highest BCUT2D eigenvalue weighted by Crippen LogP contribution is 2.43. The summed E-state index contributed by atoms with van der Waals surface area (Å²) in [5.74, 6) is 1.77. The number of benzene rings is 10. The third-order valence-electron chi connectivity index (χ3n) is 13.1. The van der Waals surface area contributed by atoms with E-state index in [1.807, 2.05) is 24.3 Å². The number of rotatable bonds is 8. The second-order valence-corrected chi connectivity index (χ2v) is 17.2. The smallest absolute Gasteiger partial charge is 0.164 e. The molecule has 68 heavy (non-hydrogen) atoms. The molecular formula is C63H40N4O. The Hall–Kier alpha value is -9.19. The fourth-order valence-corrected chi connectivity index (χ4v) is 9.74. The highest BCUT2D eigenvalue weighted by atomic mass is 16.3. The number of para-hydroxylation sites is 1. The van der Waals surface area contributed by atoms with E-state index < -0.39 is 0 Å². The lowest BCUT2D eigenvalue weighted by Gasteiger charge is -2.11. The highest BCUT2D eigenvalue weighted by Gasteiger charge is 2.23. The van der Waals surface area contributed by atoms with Crippen LogP contribution < -0.4 is 0 Å². The summed E-state index contributed by atoms with van der Waals surface area (Å²) in [6, 6.07) is 85.1. The molecule has 0 N–H and O–H groups in total. The normalized spacial score (nSPS) is 11.5. The van der Waals surface area contributed by atoms with E-state index in [9.17, 15) is 0 Å². The van der Waals surface area contributed by atoms with Crippen LogP contribution in [0.3, 0.4) is 0 Å². The maximum absolute atomic E-state index is 7.04. The van der Waals surface area contributed by atoms with E-state index in [4.69, 9.17) is 19.4 Å². The van der Waals surface area contributed by atoms with E-state index in [0.29, 0.717) is 17.5 Å². The molecule has 318 valence electrons. The molecule has 0 aliphatic rings. The molecule has 13 rings (SSSR count). The van der Waals surface area contributed by atoms with Gasteiger partial charge in [-0.2, -0.15) is 0 Å². The standard InChI is InChI=1S/C63H40N4O/c1-4-14-41(15-5-1)44-26-28-47(29-27-44)50-20-12-21-51(40-50)67-56-24-11-10-22-52(56)53-38-39-54-58-55(23-13-25-57(58)68-60(54)59(53)67)63-65-61(48-34-30-45(31-35-48)42-16-6-2-7-17-42)64-62(66-63)49-36-32-46(33-37-49)43-18-8-3-9-19-43/h1-40H. The van der Waals surface area contributed by atoms with Crippen molar-refractivity contribution in [3.05, 3.63) is 243 Å². The fraction of sp³-hybridized carbons (Fsp3) is 0. The van der Waals surface area contributed by atoms with Gasteiger partial charge in [0.15, 0.2) is 23.1 Å². The molecule has 3 heterocycles. The molecule has 5 heteroatoms. The fourth-order valence-electron chi connectivity index (χ4n) is 9.74. The Balaban J connectivity index is 0.972. The Morgan fingerprint density at radius 2 is 0.750 bits per heavy atom. The van der Waals surface area contributed by atoms with Crippen molar-refractivity contribution >= 4 is 43.7 Å². The summed E-state index contributed by atoms with van der Waals surface area (Å²) in [6.45, 7) is 0. The lowest BCUT2D eigenvalue weighted by atomic mass is 10.00. The van der Waals surface area contributed by atoms with Crippen molar-refractivity contribution in [1.82, 2.24) is 19.5 Å². The molecule has 0 amide bonds. The van der Waals surface area contributed by atoms with Crippen LogP contribution in [0.1, 0.15) is 0 Å². The van der Waals surface area contributed by atoms with Crippen LogP contribution >= 0.6 is 0 Å². The van der Waals surface area contributed by atoms with Gasteiger partial charge in [-0.25, -0.2) is 15.0 Å². The van der Waals surface area contributed by atoms with E-state index in [1.54, 1.807) is 0 Å². The van der Waals surface area contributed by atoms with Crippen molar-refractivity contribution < 1.29 is 4.42 Å². The Bertz CT molecular complexity index is 3870. The first-order valence-electron chi connectivity index (χ1n) is 22.9. The number of furan rings is 1. The lowest BCUT2D eigenvalue weighted by molar-refractivity contribution is 0.671. The van der Waals surface area contributed by atoms with Crippen LogP contribution in [0.5, 0.6) is 0 Å². The van der Waals surface area contributed by atoms with Crippen LogP contribution in [-0.4, -0.2) is 19.5 Å². The first kappa shape index (κ1) is 39.2. The number of hydrogen-bond donors (Lipinski definition) is 0. The molecule has 0 unspecified atom stereocenters. The lowest BCUT2D eigenvalue weighted by Crippen LogP contribution is -2.00. The summed E-state index contributed by atoms with van der Waals surface area (Å²) in [6.07, 6.45) is 0. The summed E-state index contributed by atoms with van der Waals surface area (Å²) < 4.78 is 9.39. The van der Waals surface area contributed by atoms with E-state index in [2.05, 4.69) is 223 Å². The molecule has 0 aliphatic carbocycles. The van der Waals surface area contributed by atoms with E-state index >= 15 is 0 Å². The molecule has 10 aromatic carbocycles. The molecule has 0 aliphatic heterocycles. The van der Waals surface area contributed by atoms with Gasteiger partial charge >= 0.3 is 0 Å². The quantitative estimate of drug-likeness (QED) is 0.153. The van der Waals surface area contributed by atoms with Crippen LogP contribution in [0.4, 0.5) is 0 Å². The minimum atomic E-state index is 0.573. The van der Waals surface area contributed by atoms with Gasteiger partial charge in [0.05, 0.1) is 11.0 Å². The van der Waals surface area contributed by atoms with Crippen LogP contribution in [-0.2, 0) is 0 Å². The SMILES string of the molecule is c1ccc(-c2ccc(-c3cccc(-n4c5ccccc5c5ccc6c(oc7cccc(-c8nc(-c9ccc(-c%10ccccc%10)cc9)nc(-c9ccc(-c%10ccccc%10)cc9)n8)c76)c54)c3)cc2)cc1. The number of fused-ring (bicyclic) bond motifs is 7. The van der Waals surface area contributed by atoms with E-state index in [1.165, 1.54) is 11.1 Å². The number of nitrogens with zero attached hydrogens (tertiary/aromatic N) is 4. The van der Waals surface area contributed by atoms with Crippen LogP contribution in [0, 0.1) is 0 Å². The summed E-state index contributed by atoms with van der Waals surface area (Å²) in [5, 5.41) is 4.22. The van der Waals surface area contributed by atoms with Gasteiger partial charge in [0, 0.05) is 43.9 Å². The van der Waals surface area contributed by atoms with E-state index in [0.717, 1.165) is 99.5 Å². The van der Waals surface area contributed by atoms with Gasteiger partial charge in [0.25, 0.3) is 0 Å². The first-order valence-corrected chi connectivity index (χ1v) is 22.9. The van der Waals surface area contributed by atoms with Gasteiger partial charge in [-0.15, -0.1) is 0 Å². The number of aromatic nitrogens is 4. The molecule has 0 bridgehead atoms. The zero-order chi connectivity index (χ0) is 45.0. The Kier molecular flexibility index (Phi) is 9.43. The van der Waals surface area contributed by atoms with Crippen molar-refractivity contribution in [1.29, 1.82) is 0 Å². The summed E-state index contributed by atoms with van der Waals surface area (Å²) in [4.78, 5) is 15.7. The largest absolute Gasteiger partial charge is 0.454 e. The van der Waals surface area contributed by atoms with Crippen LogP contribution in [0.25, 0.3) is 128 Å².